The van der Waals surface area contributed by atoms with Crippen molar-refractivity contribution in [3.63, 3.8) is 0 Å². The molecule has 1 saturated heterocycles. The van der Waals surface area contributed by atoms with Crippen LogP contribution in [-0.4, -0.2) is 65.6 Å². The van der Waals surface area contributed by atoms with Crippen LogP contribution in [-0.2, 0) is 0 Å². The minimum absolute atomic E-state index is 0.440. The summed E-state index contributed by atoms with van der Waals surface area (Å²) < 4.78 is 7.31. The zero-order chi connectivity index (χ0) is 25.9. The maximum Gasteiger partial charge on any atom is 0.412 e. The topological polar surface area (TPSA) is 98.8 Å². The number of amides is 1. The Bertz CT molecular complexity index is 1450. The Hall–Kier alpha value is -4.42. The van der Waals surface area contributed by atoms with Crippen LogP contribution < -0.4 is 15.0 Å². The number of aromatic nitrogens is 3. The second kappa shape index (κ2) is 10.3. The number of hydrogen-bond acceptors (Lipinski definition) is 7. The van der Waals surface area contributed by atoms with Gasteiger partial charge in [0.15, 0.2) is 0 Å². The van der Waals surface area contributed by atoms with Gasteiger partial charge in [0.2, 0.25) is 5.95 Å². The van der Waals surface area contributed by atoms with Gasteiger partial charge in [-0.1, -0.05) is 24.3 Å². The molecule has 1 amide bonds. The van der Waals surface area contributed by atoms with E-state index in [9.17, 15) is 10.1 Å². The minimum Gasteiger partial charge on any atom is -0.410 e. The van der Waals surface area contributed by atoms with Gasteiger partial charge in [-0.05, 0) is 56.8 Å². The van der Waals surface area contributed by atoms with Gasteiger partial charge in [0.1, 0.15) is 11.4 Å². The van der Waals surface area contributed by atoms with Crippen LogP contribution in [0.25, 0.3) is 28.0 Å². The monoisotopic (exact) mass is 495 g/mol. The summed E-state index contributed by atoms with van der Waals surface area (Å²) in [5, 5.41) is 11.7. The lowest BCUT2D eigenvalue weighted by atomic mass is 9.99. The standard InChI is InChI=1S/C28H29N7O2/c1-30-28(36)37-23-10-8-20(9-11-23)24-25(21-6-4-19(18-29)5-7-21)32-27(35-17-14-31-26(24)35)34-15-12-22(13-16-34)33(2)3/h4-11,14,17,22H,12-13,15-16H2,1-3H3,(H,30,36). The molecule has 37 heavy (non-hydrogen) atoms. The number of fused-ring (bicyclic) bond motifs is 1. The Balaban J connectivity index is 1.63. The summed E-state index contributed by atoms with van der Waals surface area (Å²) in [5.41, 5.74) is 4.83. The van der Waals surface area contributed by atoms with Gasteiger partial charge in [-0.25, -0.2) is 14.8 Å². The molecular weight excluding hydrogens is 466 g/mol. The number of imidazole rings is 1. The number of rotatable bonds is 5. The minimum atomic E-state index is -0.522. The number of benzene rings is 2. The molecule has 0 spiro atoms. The van der Waals surface area contributed by atoms with Crippen LogP contribution >= 0.6 is 0 Å². The molecule has 5 rings (SSSR count). The zero-order valence-corrected chi connectivity index (χ0v) is 21.2. The first kappa shape index (κ1) is 24.3. The molecule has 3 heterocycles. The number of carbonyl (C=O) groups is 1. The Morgan fingerprint density at radius 1 is 1.08 bits per heavy atom. The third kappa shape index (κ3) is 4.84. The maximum atomic E-state index is 11.6. The Kier molecular flexibility index (Phi) is 6.75. The summed E-state index contributed by atoms with van der Waals surface area (Å²) in [7, 11) is 5.79. The maximum absolute atomic E-state index is 11.6. The number of carbonyl (C=O) groups excluding carboxylic acids is 1. The first-order valence-electron chi connectivity index (χ1n) is 12.3. The van der Waals surface area contributed by atoms with E-state index >= 15 is 0 Å². The van der Waals surface area contributed by atoms with Gasteiger partial charge in [0.05, 0.1) is 22.9 Å². The fraction of sp³-hybridized carbons (Fsp3) is 0.286. The number of anilines is 1. The molecule has 0 aliphatic carbocycles. The molecule has 2 aromatic heterocycles. The van der Waals surface area contributed by atoms with Crippen LogP contribution in [0.1, 0.15) is 18.4 Å². The molecule has 0 unspecified atom stereocenters. The van der Waals surface area contributed by atoms with E-state index in [-0.39, 0.29) is 0 Å². The summed E-state index contributed by atoms with van der Waals surface area (Å²) in [6.07, 6.45) is 5.34. The lowest BCUT2D eigenvalue weighted by Gasteiger charge is -2.36. The van der Waals surface area contributed by atoms with Crippen molar-refractivity contribution in [2.24, 2.45) is 0 Å². The van der Waals surface area contributed by atoms with Gasteiger partial charge >= 0.3 is 6.09 Å². The van der Waals surface area contributed by atoms with E-state index in [0.29, 0.717) is 17.4 Å². The predicted octanol–water partition coefficient (Wildman–Crippen LogP) is 4.18. The average molecular weight is 496 g/mol. The van der Waals surface area contributed by atoms with Crippen LogP contribution in [0.5, 0.6) is 5.75 Å². The summed E-state index contributed by atoms with van der Waals surface area (Å²) in [6.45, 7) is 1.81. The molecule has 1 N–H and O–H groups in total. The van der Waals surface area contributed by atoms with Gasteiger partial charge in [0.25, 0.3) is 0 Å². The molecule has 188 valence electrons. The lowest BCUT2D eigenvalue weighted by molar-refractivity contribution is 0.203. The van der Waals surface area contributed by atoms with E-state index < -0.39 is 6.09 Å². The van der Waals surface area contributed by atoms with Crippen LogP contribution in [0.3, 0.4) is 0 Å². The third-order valence-corrected chi connectivity index (χ3v) is 6.85. The molecule has 0 atom stereocenters. The quantitative estimate of drug-likeness (QED) is 0.443. The summed E-state index contributed by atoms with van der Waals surface area (Å²) >= 11 is 0. The molecule has 1 fully saturated rings. The molecule has 0 bridgehead atoms. The van der Waals surface area contributed by atoms with Gasteiger partial charge in [-0.2, -0.15) is 5.26 Å². The lowest BCUT2D eigenvalue weighted by Crippen LogP contribution is -2.43. The average Bonchev–Trinajstić information content (AvgIpc) is 3.42. The van der Waals surface area contributed by atoms with Crippen molar-refractivity contribution < 1.29 is 9.53 Å². The number of ether oxygens (including phenoxy) is 1. The van der Waals surface area contributed by atoms with Crippen LogP contribution in [0.2, 0.25) is 0 Å². The Labute approximate surface area is 215 Å². The van der Waals surface area contributed by atoms with Crippen molar-refractivity contribution in [1.82, 2.24) is 24.6 Å². The van der Waals surface area contributed by atoms with Crippen molar-refractivity contribution in [3.05, 3.63) is 66.5 Å². The predicted molar refractivity (Wildman–Crippen MR) is 143 cm³/mol. The summed E-state index contributed by atoms with van der Waals surface area (Å²) in [4.78, 5) is 26.2. The number of nitrogens with zero attached hydrogens (tertiary/aromatic N) is 6. The van der Waals surface area contributed by atoms with Gasteiger partial charge in [-0.15, -0.1) is 0 Å². The number of nitriles is 1. The first-order chi connectivity index (χ1) is 18.0. The summed E-state index contributed by atoms with van der Waals surface area (Å²) in [5.74, 6) is 1.29. The number of piperidine rings is 1. The molecule has 1 aliphatic rings. The van der Waals surface area contributed by atoms with E-state index in [2.05, 4.69) is 35.3 Å². The van der Waals surface area contributed by atoms with Crippen molar-refractivity contribution in [2.75, 3.05) is 39.1 Å². The van der Waals surface area contributed by atoms with Crippen LogP contribution in [0, 0.1) is 11.3 Å². The van der Waals surface area contributed by atoms with Crippen molar-refractivity contribution >= 4 is 17.7 Å². The van der Waals surface area contributed by atoms with Crippen molar-refractivity contribution in [2.45, 2.75) is 18.9 Å². The molecule has 4 aromatic rings. The first-order valence-corrected chi connectivity index (χ1v) is 12.3. The zero-order valence-electron chi connectivity index (χ0n) is 21.2. The highest BCUT2D eigenvalue weighted by molar-refractivity contribution is 5.91. The van der Waals surface area contributed by atoms with E-state index in [0.717, 1.165) is 59.9 Å². The molecule has 2 aromatic carbocycles. The molecule has 9 heteroatoms. The second-order valence-electron chi connectivity index (χ2n) is 9.29. The van der Waals surface area contributed by atoms with Gasteiger partial charge < -0.3 is 19.9 Å². The van der Waals surface area contributed by atoms with Crippen LogP contribution in [0.15, 0.2) is 60.9 Å². The molecule has 0 saturated carbocycles. The van der Waals surface area contributed by atoms with Gasteiger partial charge in [0, 0.05) is 44.1 Å². The number of hydrogen-bond donors (Lipinski definition) is 1. The van der Waals surface area contributed by atoms with Crippen LogP contribution in [0.4, 0.5) is 10.7 Å². The van der Waals surface area contributed by atoms with E-state index in [1.54, 1.807) is 30.5 Å². The normalized spacial score (nSPS) is 14.1. The fourth-order valence-corrected chi connectivity index (χ4v) is 4.80. The highest BCUT2D eigenvalue weighted by Gasteiger charge is 2.26. The Morgan fingerprint density at radius 3 is 2.38 bits per heavy atom. The number of nitrogens with one attached hydrogen (secondary N) is 1. The summed E-state index contributed by atoms with van der Waals surface area (Å²) in [6, 6.07) is 17.5. The van der Waals surface area contributed by atoms with E-state index in [4.69, 9.17) is 14.7 Å². The van der Waals surface area contributed by atoms with Crippen molar-refractivity contribution in [3.8, 4) is 34.2 Å². The molecule has 1 aliphatic heterocycles. The highest BCUT2D eigenvalue weighted by Crippen LogP contribution is 2.37. The molecule has 0 radical (unpaired) electrons. The fourth-order valence-electron chi connectivity index (χ4n) is 4.80. The molecular formula is C28H29N7O2. The van der Waals surface area contributed by atoms with E-state index in [1.165, 1.54) is 7.05 Å². The third-order valence-electron chi connectivity index (χ3n) is 6.85. The Morgan fingerprint density at radius 2 is 1.76 bits per heavy atom. The SMILES string of the molecule is CNC(=O)Oc1ccc(-c2c(-c3ccc(C#N)cc3)nc(N3CCC(N(C)C)CC3)n3ccnc23)cc1. The second-order valence-corrected chi connectivity index (χ2v) is 9.29. The largest absolute Gasteiger partial charge is 0.412 e. The van der Waals surface area contributed by atoms with Gasteiger partial charge in [-0.3, -0.25) is 4.40 Å². The van der Waals surface area contributed by atoms with E-state index in [1.807, 2.05) is 34.9 Å². The molecule has 9 nitrogen and oxygen atoms in total. The smallest absolute Gasteiger partial charge is 0.410 e. The highest BCUT2D eigenvalue weighted by atomic mass is 16.5. The van der Waals surface area contributed by atoms with Crippen molar-refractivity contribution in [1.29, 1.82) is 5.26 Å².